The van der Waals surface area contributed by atoms with Gasteiger partial charge in [-0.25, -0.2) is 0 Å². The van der Waals surface area contributed by atoms with Crippen molar-refractivity contribution in [2.24, 2.45) is 0 Å². The lowest BCUT2D eigenvalue weighted by atomic mass is 10.0. The van der Waals surface area contributed by atoms with Gasteiger partial charge in [0.15, 0.2) is 0 Å². The summed E-state index contributed by atoms with van der Waals surface area (Å²) in [5, 5.41) is 0. The van der Waals surface area contributed by atoms with Crippen molar-refractivity contribution in [3.8, 4) is 0 Å². The lowest BCUT2D eigenvalue weighted by molar-refractivity contribution is -0.00869. The van der Waals surface area contributed by atoms with Gasteiger partial charge in [0, 0.05) is 13.2 Å². The van der Waals surface area contributed by atoms with Crippen LogP contribution in [0.15, 0.2) is 0 Å². The van der Waals surface area contributed by atoms with Gasteiger partial charge in [0.05, 0.1) is 12.7 Å². The third kappa shape index (κ3) is 37.9. The summed E-state index contributed by atoms with van der Waals surface area (Å²) in [5.41, 5.74) is 0. The molecule has 0 radical (unpaired) electrons. The molecule has 0 saturated heterocycles. The molecule has 0 heterocycles. The largest absolute Gasteiger partial charge is 0.379 e. The molecule has 1 atom stereocenters. The molecular formula is C39H80O2. The summed E-state index contributed by atoms with van der Waals surface area (Å²) in [5.74, 6) is 0. The summed E-state index contributed by atoms with van der Waals surface area (Å²) in [6.45, 7) is 9.34. The molecule has 0 unspecified atom stereocenters. The van der Waals surface area contributed by atoms with E-state index in [1.165, 1.54) is 205 Å². The third-order valence-electron chi connectivity index (χ3n) is 8.90. The van der Waals surface area contributed by atoms with Gasteiger partial charge in [0.25, 0.3) is 0 Å². The van der Waals surface area contributed by atoms with Gasteiger partial charge in [-0.05, 0) is 19.8 Å². The Morgan fingerprint density at radius 2 is 0.561 bits per heavy atom. The van der Waals surface area contributed by atoms with Crippen LogP contribution in [-0.4, -0.2) is 25.9 Å². The summed E-state index contributed by atoms with van der Waals surface area (Å²) < 4.78 is 11.8. The van der Waals surface area contributed by atoms with Crippen molar-refractivity contribution in [3.05, 3.63) is 0 Å². The van der Waals surface area contributed by atoms with E-state index < -0.39 is 0 Å². The van der Waals surface area contributed by atoms with Crippen LogP contribution in [0, 0.1) is 0 Å². The molecule has 0 aromatic rings. The maximum atomic E-state index is 5.97. The Morgan fingerprint density at radius 1 is 0.317 bits per heavy atom. The Morgan fingerprint density at radius 3 is 0.854 bits per heavy atom. The summed E-state index contributed by atoms with van der Waals surface area (Å²) in [6.07, 6.45) is 45.6. The molecule has 0 aromatic carbocycles. The van der Waals surface area contributed by atoms with Crippen LogP contribution >= 0.6 is 0 Å². The van der Waals surface area contributed by atoms with Crippen molar-refractivity contribution >= 4 is 0 Å². The average molecular weight is 581 g/mol. The third-order valence-corrected chi connectivity index (χ3v) is 8.90. The van der Waals surface area contributed by atoms with Gasteiger partial charge in [0.2, 0.25) is 0 Å². The van der Waals surface area contributed by atoms with Crippen LogP contribution in [0.5, 0.6) is 0 Å². The van der Waals surface area contributed by atoms with E-state index in [2.05, 4.69) is 20.8 Å². The normalized spacial score (nSPS) is 12.4. The van der Waals surface area contributed by atoms with Gasteiger partial charge in [-0.2, -0.15) is 0 Å². The highest BCUT2D eigenvalue weighted by molar-refractivity contribution is 4.53. The number of ether oxygens (including phenoxy) is 2. The molecule has 0 aliphatic carbocycles. The first kappa shape index (κ1) is 40.9. The summed E-state index contributed by atoms with van der Waals surface area (Å²) in [7, 11) is 0. The van der Waals surface area contributed by atoms with E-state index in [4.69, 9.17) is 9.47 Å². The van der Waals surface area contributed by atoms with Crippen molar-refractivity contribution in [2.75, 3.05) is 19.8 Å². The molecule has 41 heavy (non-hydrogen) atoms. The molecule has 2 nitrogen and oxygen atoms in total. The van der Waals surface area contributed by atoms with Crippen LogP contribution in [0.25, 0.3) is 0 Å². The molecule has 0 bridgehead atoms. The maximum absolute atomic E-state index is 5.97. The van der Waals surface area contributed by atoms with Gasteiger partial charge in [0.1, 0.15) is 0 Å². The maximum Gasteiger partial charge on any atom is 0.0780 e. The molecule has 0 aromatic heterocycles. The van der Waals surface area contributed by atoms with Crippen molar-refractivity contribution < 1.29 is 9.47 Å². The van der Waals surface area contributed by atoms with E-state index in [1.807, 2.05) is 0 Å². The Labute approximate surface area is 261 Å². The van der Waals surface area contributed by atoms with E-state index in [-0.39, 0.29) is 6.10 Å². The van der Waals surface area contributed by atoms with Crippen molar-refractivity contribution in [1.82, 2.24) is 0 Å². The second-order valence-corrected chi connectivity index (χ2v) is 13.4. The number of hydrogen-bond acceptors (Lipinski definition) is 2. The second kappa shape index (κ2) is 37.9. The highest BCUT2D eigenvalue weighted by atomic mass is 16.5. The minimum absolute atomic E-state index is 0.243. The van der Waals surface area contributed by atoms with E-state index in [9.17, 15) is 0 Å². The van der Waals surface area contributed by atoms with E-state index in [0.717, 1.165) is 19.8 Å². The van der Waals surface area contributed by atoms with Crippen LogP contribution in [0.2, 0.25) is 0 Å². The molecule has 0 rings (SSSR count). The summed E-state index contributed by atoms with van der Waals surface area (Å²) in [6, 6.07) is 0. The van der Waals surface area contributed by atoms with Gasteiger partial charge >= 0.3 is 0 Å². The van der Waals surface area contributed by atoms with Crippen LogP contribution in [0.1, 0.15) is 226 Å². The summed E-state index contributed by atoms with van der Waals surface area (Å²) in [4.78, 5) is 0. The van der Waals surface area contributed by atoms with Crippen molar-refractivity contribution in [2.45, 2.75) is 232 Å². The highest BCUT2D eigenvalue weighted by Gasteiger charge is 2.02. The van der Waals surface area contributed by atoms with E-state index in [1.54, 1.807) is 0 Å². The number of unbranched alkanes of at least 4 members (excludes halogenated alkanes) is 30. The fourth-order valence-electron chi connectivity index (χ4n) is 5.98. The molecule has 0 amide bonds. The fourth-order valence-corrected chi connectivity index (χ4v) is 5.98. The first-order valence-electron chi connectivity index (χ1n) is 19.5. The van der Waals surface area contributed by atoms with E-state index >= 15 is 0 Å². The summed E-state index contributed by atoms with van der Waals surface area (Å²) >= 11 is 0. The molecule has 0 N–H and O–H groups in total. The molecular weight excluding hydrogens is 500 g/mol. The topological polar surface area (TPSA) is 18.5 Å². The quantitative estimate of drug-likeness (QED) is 0.0680. The number of rotatable bonds is 37. The van der Waals surface area contributed by atoms with Crippen LogP contribution in [-0.2, 0) is 9.47 Å². The van der Waals surface area contributed by atoms with Gasteiger partial charge in [-0.1, -0.05) is 206 Å². The predicted molar refractivity (Wildman–Crippen MR) is 185 cm³/mol. The zero-order chi connectivity index (χ0) is 29.7. The molecule has 0 spiro atoms. The Kier molecular flexibility index (Phi) is 37.9. The van der Waals surface area contributed by atoms with Crippen LogP contribution < -0.4 is 0 Å². The lowest BCUT2D eigenvalue weighted by Crippen LogP contribution is -2.17. The zero-order valence-electron chi connectivity index (χ0n) is 29.1. The lowest BCUT2D eigenvalue weighted by Gasteiger charge is -2.13. The molecule has 2 heteroatoms. The molecule has 0 aliphatic heterocycles. The first-order valence-corrected chi connectivity index (χ1v) is 19.5. The van der Waals surface area contributed by atoms with Crippen molar-refractivity contribution in [3.63, 3.8) is 0 Å². The van der Waals surface area contributed by atoms with Crippen molar-refractivity contribution in [1.29, 1.82) is 0 Å². The smallest absolute Gasteiger partial charge is 0.0780 e. The monoisotopic (exact) mass is 581 g/mol. The highest BCUT2D eigenvalue weighted by Crippen LogP contribution is 2.15. The molecule has 0 fully saturated rings. The Hall–Kier alpha value is -0.0800. The first-order chi connectivity index (χ1) is 20.3. The van der Waals surface area contributed by atoms with Crippen LogP contribution in [0.3, 0.4) is 0 Å². The molecule has 0 saturated carbocycles. The minimum atomic E-state index is 0.243. The Bertz CT molecular complexity index is 437. The molecule has 0 aliphatic rings. The number of hydrogen-bond donors (Lipinski definition) is 0. The average Bonchev–Trinajstić information content (AvgIpc) is 2.98. The zero-order valence-corrected chi connectivity index (χ0v) is 29.1. The minimum Gasteiger partial charge on any atom is -0.379 e. The van der Waals surface area contributed by atoms with E-state index in [0.29, 0.717) is 0 Å². The van der Waals surface area contributed by atoms with Gasteiger partial charge in [-0.15, -0.1) is 0 Å². The fraction of sp³-hybridized carbons (Fsp3) is 1.00. The molecule has 248 valence electrons. The van der Waals surface area contributed by atoms with Gasteiger partial charge < -0.3 is 9.47 Å². The Balaban J connectivity index is 3.13. The van der Waals surface area contributed by atoms with Gasteiger partial charge in [-0.3, -0.25) is 0 Å². The van der Waals surface area contributed by atoms with Crippen LogP contribution in [0.4, 0.5) is 0 Å². The standard InChI is InChI=1S/C39H80O2/c1-4-6-8-10-12-14-16-18-20-22-24-26-28-30-32-34-36-40-38-39(3)41-37-35-33-31-29-27-25-23-21-19-17-15-13-11-9-7-5-2/h39H,4-38H2,1-3H3/t39-/m1/s1. The predicted octanol–water partition coefficient (Wildman–Crippen LogP) is 13.9. The SMILES string of the molecule is CCCCCCCCCCCCCCCCCCOC[C@@H](C)OCCCCCCCCCCCCCCCCCC. The second-order valence-electron chi connectivity index (χ2n) is 13.4.